The third kappa shape index (κ3) is 3.23. The van der Waals surface area contributed by atoms with Crippen LogP contribution in [0.25, 0.3) is 0 Å². The Bertz CT molecular complexity index is 561. The molecule has 1 aromatic rings. The lowest BCUT2D eigenvalue weighted by Gasteiger charge is -2.11. The maximum absolute atomic E-state index is 12.1. The Hall–Kier alpha value is -2.62. The Balaban J connectivity index is 3.48. The van der Waals surface area contributed by atoms with Crippen molar-refractivity contribution in [3.8, 4) is 5.75 Å². The molecule has 10 heteroatoms. The fourth-order valence-electron chi connectivity index (χ4n) is 1.40. The monoisotopic (exact) mass is 291 g/mol. The maximum atomic E-state index is 12.1. The van der Waals surface area contributed by atoms with Gasteiger partial charge < -0.3 is 14.9 Å². The highest BCUT2D eigenvalue weighted by molar-refractivity contribution is 5.83. The molecule has 0 amide bonds. The van der Waals surface area contributed by atoms with Crippen LogP contribution >= 0.6 is 0 Å². The van der Waals surface area contributed by atoms with Crippen LogP contribution in [0.4, 0.5) is 14.5 Å². The van der Waals surface area contributed by atoms with Crippen molar-refractivity contribution in [1.29, 1.82) is 0 Å². The molecule has 0 bridgehead atoms. The van der Waals surface area contributed by atoms with E-state index in [4.69, 9.17) is 5.11 Å². The minimum Gasteiger partial charge on any atom is -0.479 e. The van der Waals surface area contributed by atoms with Crippen molar-refractivity contribution in [2.75, 3.05) is 0 Å². The van der Waals surface area contributed by atoms with Crippen molar-refractivity contribution in [3.63, 3.8) is 0 Å². The summed E-state index contributed by atoms with van der Waals surface area (Å²) in [6, 6.07) is 1.07. The Morgan fingerprint density at radius 3 is 2.45 bits per heavy atom. The molecule has 0 saturated heterocycles. The molecule has 0 spiro atoms. The first kappa shape index (κ1) is 15.4. The molecular formula is C10H7F2NO7. The maximum Gasteiger partial charge on any atom is 0.387 e. The predicted octanol–water partition coefficient (Wildman–Crippen LogP) is 1.13. The number of nitro groups is 1. The zero-order valence-corrected chi connectivity index (χ0v) is 9.53. The van der Waals surface area contributed by atoms with Gasteiger partial charge in [-0.15, -0.1) is 0 Å². The smallest absolute Gasteiger partial charge is 0.387 e. The quantitative estimate of drug-likeness (QED) is 0.456. The van der Waals surface area contributed by atoms with Crippen molar-refractivity contribution in [2.24, 2.45) is 0 Å². The van der Waals surface area contributed by atoms with E-state index in [0.717, 1.165) is 0 Å². The van der Waals surface area contributed by atoms with Crippen molar-refractivity contribution in [1.82, 2.24) is 0 Å². The molecule has 1 unspecified atom stereocenters. The topological polar surface area (TPSA) is 127 Å². The summed E-state index contributed by atoms with van der Waals surface area (Å²) >= 11 is 0. The predicted molar refractivity (Wildman–Crippen MR) is 57.7 cm³/mol. The van der Waals surface area contributed by atoms with Gasteiger partial charge in [0.2, 0.25) is 0 Å². The first-order chi connectivity index (χ1) is 9.27. The number of nitrogens with zero attached hydrogens (tertiary/aromatic N) is 1. The second kappa shape index (κ2) is 6.02. The number of nitro benzene ring substituents is 1. The van der Waals surface area contributed by atoms with Gasteiger partial charge in [0.25, 0.3) is 5.69 Å². The Labute approximate surface area is 109 Å². The van der Waals surface area contributed by atoms with Crippen LogP contribution in [0.15, 0.2) is 12.1 Å². The van der Waals surface area contributed by atoms with Crippen molar-refractivity contribution < 1.29 is 38.2 Å². The molecule has 0 aliphatic carbocycles. The van der Waals surface area contributed by atoms with Gasteiger partial charge in [-0.25, -0.2) is 4.79 Å². The van der Waals surface area contributed by atoms with Gasteiger partial charge in [-0.3, -0.25) is 14.9 Å². The number of aliphatic hydroxyl groups is 1. The van der Waals surface area contributed by atoms with Gasteiger partial charge in [0, 0.05) is 0 Å². The fourth-order valence-corrected chi connectivity index (χ4v) is 1.40. The number of aldehydes is 1. The Kier molecular flexibility index (Phi) is 4.64. The van der Waals surface area contributed by atoms with Crippen LogP contribution < -0.4 is 4.74 Å². The Morgan fingerprint density at radius 2 is 2.05 bits per heavy atom. The summed E-state index contributed by atoms with van der Waals surface area (Å²) in [6.45, 7) is -3.33. The molecule has 0 radical (unpaired) electrons. The lowest BCUT2D eigenvalue weighted by Crippen LogP contribution is -2.14. The molecular weight excluding hydrogens is 284 g/mol. The molecule has 0 saturated carbocycles. The minimum absolute atomic E-state index is 0.0412. The van der Waals surface area contributed by atoms with Crippen LogP contribution in [0.3, 0.4) is 0 Å². The highest BCUT2D eigenvalue weighted by Gasteiger charge is 2.28. The zero-order chi connectivity index (χ0) is 15.4. The number of benzene rings is 1. The minimum atomic E-state index is -3.33. The average molecular weight is 291 g/mol. The molecule has 0 aromatic heterocycles. The number of carboxylic acid groups (broad SMARTS) is 1. The van der Waals surface area contributed by atoms with Gasteiger partial charge in [0.15, 0.2) is 12.4 Å². The van der Waals surface area contributed by atoms with E-state index in [1.54, 1.807) is 0 Å². The second-order valence-electron chi connectivity index (χ2n) is 3.44. The first-order valence-electron chi connectivity index (χ1n) is 4.91. The SMILES string of the molecule is O=Cc1cc(C(O)C(=O)O)c([N+](=O)[O-])cc1OC(F)F. The van der Waals surface area contributed by atoms with Crippen molar-refractivity contribution >= 4 is 17.9 Å². The number of ether oxygens (including phenoxy) is 1. The summed E-state index contributed by atoms with van der Waals surface area (Å²) < 4.78 is 28.1. The van der Waals surface area contributed by atoms with Crippen LogP contribution in [0.2, 0.25) is 0 Å². The van der Waals surface area contributed by atoms with E-state index in [1.165, 1.54) is 0 Å². The molecule has 0 aliphatic heterocycles. The van der Waals surface area contributed by atoms with Crippen molar-refractivity contribution in [3.05, 3.63) is 33.4 Å². The number of carbonyl (C=O) groups excluding carboxylic acids is 1. The number of alkyl halides is 2. The standard InChI is InChI=1S/C10H7F2NO7/c11-10(12)20-7-2-6(13(18)19)5(1-4(7)3-14)8(15)9(16)17/h1-3,8,10,15H,(H,16,17). The van der Waals surface area contributed by atoms with E-state index < -0.39 is 46.2 Å². The molecule has 0 fully saturated rings. The normalized spacial score (nSPS) is 12.0. The van der Waals surface area contributed by atoms with Gasteiger partial charge in [-0.05, 0) is 6.07 Å². The van der Waals surface area contributed by atoms with Gasteiger partial charge in [-0.2, -0.15) is 8.78 Å². The lowest BCUT2D eigenvalue weighted by atomic mass is 10.0. The number of aliphatic hydroxyl groups excluding tert-OH is 1. The molecule has 2 N–H and O–H groups in total. The lowest BCUT2D eigenvalue weighted by molar-refractivity contribution is -0.386. The van der Waals surface area contributed by atoms with E-state index in [0.29, 0.717) is 12.1 Å². The molecule has 1 aromatic carbocycles. The molecule has 0 heterocycles. The highest BCUT2D eigenvalue weighted by atomic mass is 19.3. The fraction of sp³-hybridized carbons (Fsp3) is 0.200. The summed E-state index contributed by atoms with van der Waals surface area (Å²) in [5, 5.41) is 28.7. The van der Waals surface area contributed by atoms with E-state index >= 15 is 0 Å². The molecule has 0 aliphatic rings. The highest BCUT2D eigenvalue weighted by Crippen LogP contribution is 2.33. The van der Waals surface area contributed by atoms with Gasteiger partial charge in [0.05, 0.1) is 22.1 Å². The number of hydrogen-bond donors (Lipinski definition) is 2. The van der Waals surface area contributed by atoms with E-state index in [-0.39, 0.29) is 6.29 Å². The van der Waals surface area contributed by atoms with Crippen LogP contribution in [0.1, 0.15) is 22.0 Å². The van der Waals surface area contributed by atoms with Crippen LogP contribution in [0.5, 0.6) is 5.75 Å². The largest absolute Gasteiger partial charge is 0.479 e. The van der Waals surface area contributed by atoms with Gasteiger partial charge in [-0.1, -0.05) is 0 Å². The van der Waals surface area contributed by atoms with Crippen molar-refractivity contribution in [2.45, 2.75) is 12.7 Å². The number of rotatable bonds is 6. The van der Waals surface area contributed by atoms with Gasteiger partial charge in [0.1, 0.15) is 5.75 Å². The number of carboxylic acids is 1. The molecule has 1 rings (SSSR count). The average Bonchev–Trinajstić information content (AvgIpc) is 2.36. The molecule has 20 heavy (non-hydrogen) atoms. The Morgan fingerprint density at radius 1 is 1.45 bits per heavy atom. The van der Waals surface area contributed by atoms with Crippen LogP contribution in [-0.2, 0) is 4.79 Å². The number of halogens is 2. The third-order valence-corrected chi connectivity index (χ3v) is 2.23. The summed E-state index contributed by atoms with van der Waals surface area (Å²) in [4.78, 5) is 31.0. The van der Waals surface area contributed by atoms with Crippen LogP contribution in [0, 0.1) is 10.1 Å². The van der Waals surface area contributed by atoms with E-state index in [1.807, 2.05) is 0 Å². The van der Waals surface area contributed by atoms with E-state index in [9.17, 15) is 33.6 Å². The summed E-state index contributed by atoms with van der Waals surface area (Å²) in [7, 11) is 0. The van der Waals surface area contributed by atoms with E-state index in [2.05, 4.69) is 4.74 Å². The number of aliphatic carboxylic acids is 1. The molecule has 108 valence electrons. The first-order valence-corrected chi connectivity index (χ1v) is 4.91. The number of hydrogen-bond acceptors (Lipinski definition) is 6. The molecule has 8 nitrogen and oxygen atoms in total. The zero-order valence-electron chi connectivity index (χ0n) is 9.53. The number of carbonyl (C=O) groups is 2. The third-order valence-electron chi connectivity index (χ3n) is 2.23. The molecule has 1 atom stereocenters. The second-order valence-corrected chi connectivity index (χ2v) is 3.44. The summed E-state index contributed by atoms with van der Waals surface area (Å²) in [5.74, 6) is -2.59. The van der Waals surface area contributed by atoms with Gasteiger partial charge >= 0.3 is 12.6 Å². The summed E-state index contributed by atoms with van der Waals surface area (Å²) in [6.07, 6.45) is -2.24. The summed E-state index contributed by atoms with van der Waals surface area (Å²) in [5.41, 5.74) is -2.22. The van der Waals surface area contributed by atoms with Crippen LogP contribution in [-0.4, -0.2) is 34.0 Å².